The van der Waals surface area contributed by atoms with Crippen molar-refractivity contribution in [2.24, 2.45) is 0 Å². The summed E-state index contributed by atoms with van der Waals surface area (Å²) in [5, 5.41) is 5.68. The van der Waals surface area contributed by atoms with Gasteiger partial charge in [-0.05, 0) is 48.0 Å². The van der Waals surface area contributed by atoms with Crippen LogP contribution in [0.15, 0.2) is 78.9 Å². The van der Waals surface area contributed by atoms with Crippen LogP contribution >= 0.6 is 0 Å². The van der Waals surface area contributed by atoms with E-state index in [0.29, 0.717) is 23.5 Å². The zero-order valence-electron chi connectivity index (χ0n) is 16.1. The highest BCUT2D eigenvalue weighted by molar-refractivity contribution is 5.96. The Bertz CT molecular complexity index is 975. The first-order chi connectivity index (χ1) is 14.0. The van der Waals surface area contributed by atoms with Gasteiger partial charge in [-0.25, -0.2) is 4.39 Å². The summed E-state index contributed by atoms with van der Waals surface area (Å²) in [4.78, 5) is 26.4. The van der Waals surface area contributed by atoms with Crippen LogP contribution in [0.1, 0.15) is 15.9 Å². The van der Waals surface area contributed by atoms with Crippen LogP contribution in [0.5, 0.6) is 0 Å². The molecule has 0 aliphatic heterocycles. The molecule has 0 aromatic heterocycles. The van der Waals surface area contributed by atoms with E-state index in [0.717, 1.165) is 5.56 Å². The molecule has 0 spiro atoms. The highest BCUT2D eigenvalue weighted by Gasteiger charge is 2.13. The van der Waals surface area contributed by atoms with Crippen molar-refractivity contribution in [3.8, 4) is 0 Å². The molecule has 0 saturated carbocycles. The number of hydrogen-bond acceptors (Lipinski definition) is 3. The molecule has 3 rings (SSSR count). The number of halogens is 1. The molecule has 29 heavy (non-hydrogen) atoms. The van der Waals surface area contributed by atoms with Gasteiger partial charge in [0.05, 0.1) is 6.54 Å². The number of nitrogens with zero attached hydrogens (tertiary/aromatic N) is 1. The number of amides is 2. The van der Waals surface area contributed by atoms with Gasteiger partial charge in [-0.15, -0.1) is 0 Å². The standard InChI is InChI=1S/C23H22FN3O2/c1-27(16-17-6-3-2-4-7-17)23(29)18-8-5-9-21(14-18)25-15-22(28)26-20-12-10-19(24)11-13-20/h2-14,25H,15-16H2,1H3,(H,26,28). The Morgan fingerprint density at radius 2 is 1.62 bits per heavy atom. The molecule has 148 valence electrons. The Hall–Kier alpha value is -3.67. The predicted octanol–water partition coefficient (Wildman–Crippen LogP) is 4.15. The third-order valence-corrected chi connectivity index (χ3v) is 4.30. The fraction of sp³-hybridized carbons (Fsp3) is 0.130. The van der Waals surface area contributed by atoms with Crippen molar-refractivity contribution in [2.75, 3.05) is 24.2 Å². The van der Waals surface area contributed by atoms with Gasteiger partial charge in [0.25, 0.3) is 5.91 Å². The summed E-state index contributed by atoms with van der Waals surface area (Å²) in [6, 6.07) is 22.3. The average molecular weight is 391 g/mol. The molecule has 5 nitrogen and oxygen atoms in total. The highest BCUT2D eigenvalue weighted by atomic mass is 19.1. The van der Waals surface area contributed by atoms with E-state index < -0.39 is 0 Å². The Kier molecular flexibility index (Phi) is 6.58. The van der Waals surface area contributed by atoms with Crippen LogP contribution in [0.3, 0.4) is 0 Å². The van der Waals surface area contributed by atoms with Crippen molar-refractivity contribution >= 4 is 23.2 Å². The molecule has 0 aliphatic rings. The van der Waals surface area contributed by atoms with Crippen LogP contribution < -0.4 is 10.6 Å². The predicted molar refractivity (Wildman–Crippen MR) is 112 cm³/mol. The van der Waals surface area contributed by atoms with Crippen LogP contribution in [0, 0.1) is 5.82 Å². The number of benzene rings is 3. The van der Waals surface area contributed by atoms with E-state index >= 15 is 0 Å². The summed E-state index contributed by atoms with van der Waals surface area (Å²) < 4.78 is 12.9. The topological polar surface area (TPSA) is 61.4 Å². The van der Waals surface area contributed by atoms with Gasteiger partial charge in [-0.3, -0.25) is 9.59 Å². The zero-order chi connectivity index (χ0) is 20.6. The summed E-state index contributed by atoms with van der Waals surface area (Å²) in [6.07, 6.45) is 0. The second-order valence-electron chi connectivity index (χ2n) is 6.64. The molecule has 2 amide bonds. The van der Waals surface area contributed by atoms with Gasteiger partial charge >= 0.3 is 0 Å². The van der Waals surface area contributed by atoms with Gasteiger partial charge in [0.1, 0.15) is 5.82 Å². The first-order valence-corrected chi connectivity index (χ1v) is 9.20. The molecule has 0 heterocycles. The number of nitrogens with one attached hydrogen (secondary N) is 2. The first-order valence-electron chi connectivity index (χ1n) is 9.20. The van der Waals surface area contributed by atoms with Crippen LogP contribution in [-0.2, 0) is 11.3 Å². The second-order valence-corrected chi connectivity index (χ2v) is 6.64. The van der Waals surface area contributed by atoms with Gasteiger partial charge in [0.2, 0.25) is 5.91 Å². The normalized spacial score (nSPS) is 10.3. The average Bonchev–Trinajstić information content (AvgIpc) is 2.74. The number of carbonyl (C=O) groups is 2. The maximum absolute atomic E-state index is 12.9. The molecule has 0 atom stereocenters. The van der Waals surface area contributed by atoms with Crippen LogP contribution in [-0.4, -0.2) is 30.3 Å². The first kappa shape index (κ1) is 20.1. The minimum Gasteiger partial charge on any atom is -0.376 e. The van der Waals surface area contributed by atoms with Gasteiger partial charge < -0.3 is 15.5 Å². The number of anilines is 2. The summed E-state index contributed by atoms with van der Waals surface area (Å²) in [7, 11) is 1.76. The fourth-order valence-electron chi connectivity index (χ4n) is 2.83. The Labute approximate surface area is 169 Å². The SMILES string of the molecule is CN(Cc1ccccc1)C(=O)c1cccc(NCC(=O)Nc2ccc(F)cc2)c1. The summed E-state index contributed by atoms with van der Waals surface area (Å²) in [6.45, 7) is 0.534. The van der Waals surface area contributed by atoms with Crippen molar-refractivity contribution in [1.29, 1.82) is 0 Å². The maximum atomic E-state index is 12.9. The number of hydrogen-bond donors (Lipinski definition) is 2. The zero-order valence-corrected chi connectivity index (χ0v) is 16.1. The quantitative estimate of drug-likeness (QED) is 0.636. The molecule has 0 bridgehead atoms. The third-order valence-electron chi connectivity index (χ3n) is 4.30. The van der Waals surface area contributed by atoms with E-state index in [4.69, 9.17) is 0 Å². The van der Waals surface area contributed by atoms with Crippen LogP contribution in [0.25, 0.3) is 0 Å². The minimum absolute atomic E-state index is 0.0227. The lowest BCUT2D eigenvalue weighted by atomic mass is 10.1. The van der Waals surface area contributed by atoms with Gasteiger partial charge in [0, 0.05) is 30.5 Å². The van der Waals surface area contributed by atoms with Crippen molar-refractivity contribution in [1.82, 2.24) is 4.90 Å². The van der Waals surface area contributed by atoms with E-state index in [1.54, 1.807) is 36.2 Å². The van der Waals surface area contributed by atoms with Gasteiger partial charge in [-0.2, -0.15) is 0 Å². The Morgan fingerprint density at radius 1 is 0.897 bits per heavy atom. The molecule has 6 heteroatoms. The molecule has 3 aromatic carbocycles. The van der Waals surface area contributed by atoms with E-state index in [-0.39, 0.29) is 24.2 Å². The largest absolute Gasteiger partial charge is 0.376 e. The lowest BCUT2D eigenvalue weighted by molar-refractivity contribution is -0.114. The summed E-state index contributed by atoms with van der Waals surface area (Å²) in [5.41, 5.74) is 2.77. The van der Waals surface area contributed by atoms with Crippen LogP contribution in [0.2, 0.25) is 0 Å². The van der Waals surface area contributed by atoms with Gasteiger partial charge in [-0.1, -0.05) is 36.4 Å². The highest BCUT2D eigenvalue weighted by Crippen LogP contribution is 2.14. The van der Waals surface area contributed by atoms with Crippen molar-refractivity contribution < 1.29 is 14.0 Å². The van der Waals surface area contributed by atoms with E-state index in [1.165, 1.54) is 24.3 Å². The van der Waals surface area contributed by atoms with E-state index in [2.05, 4.69) is 10.6 Å². The lowest BCUT2D eigenvalue weighted by Gasteiger charge is -2.18. The molecule has 0 unspecified atom stereocenters. The fourth-order valence-corrected chi connectivity index (χ4v) is 2.83. The summed E-state index contributed by atoms with van der Waals surface area (Å²) >= 11 is 0. The minimum atomic E-state index is -0.361. The maximum Gasteiger partial charge on any atom is 0.253 e. The summed E-state index contributed by atoms with van der Waals surface area (Å²) in [5.74, 6) is -0.734. The van der Waals surface area contributed by atoms with Crippen molar-refractivity contribution in [2.45, 2.75) is 6.54 Å². The van der Waals surface area contributed by atoms with E-state index in [9.17, 15) is 14.0 Å². The molecule has 0 aliphatic carbocycles. The smallest absolute Gasteiger partial charge is 0.253 e. The number of carbonyl (C=O) groups excluding carboxylic acids is 2. The Balaban J connectivity index is 1.56. The van der Waals surface area contributed by atoms with Crippen LogP contribution in [0.4, 0.5) is 15.8 Å². The molecule has 0 saturated heterocycles. The number of rotatable bonds is 7. The molecular formula is C23H22FN3O2. The molecule has 2 N–H and O–H groups in total. The monoisotopic (exact) mass is 391 g/mol. The molecule has 3 aromatic rings. The second kappa shape index (κ2) is 9.50. The third kappa shape index (κ3) is 5.90. The molecular weight excluding hydrogens is 369 g/mol. The Morgan fingerprint density at radius 3 is 2.34 bits per heavy atom. The molecule has 0 radical (unpaired) electrons. The lowest BCUT2D eigenvalue weighted by Crippen LogP contribution is -2.26. The van der Waals surface area contributed by atoms with Crippen molar-refractivity contribution in [3.63, 3.8) is 0 Å². The van der Waals surface area contributed by atoms with Crippen molar-refractivity contribution in [3.05, 3.63) is 95.8 Å². The van der Waals surface area contributed by atoms with Gasteiger partial charge in [0.15, 0.2) is 0 Å². The molecule has 0 fully saturated rings. The van der Waals surface area contributed by atoms with E-state index in [1.807, 2.05) is 30.3 Å².